The molecule has 1 aliphatic rings. The lowest BCUT2D eigenvalue weighted by molar-refractivity contribution is 0.0829. The molecule has 0 aliphatic carbocycles. The molecule has 1 amide bonds. The van der Waals surface area contributed by atoms with Crippen molar-refractivity contribution in [1.82, 2.24) is 10.6 Å². The minimum absolute atomic E-state index is 0. The van der Waals surface area contributed by atoms with E-state index in [1.807, 2.05) is 62.4 Å². The minimum atomic E-state index is -2.95. The van der Waals surface area contributed by atoms with Crippen LogP contribution in [0.4, 0.5) is 5.69 Å². The maximum Gasteiger partial charge on any atom is 0.251 e. The van der Waals surface area contributed by atoms with Crippen LogP contribution in [-0.4, -0.2) is 57.2 Å². The van der Waals surface area contributed by atoms with Crippen LogP contribution in [0.5, 0.6) is 5.75 Å². The van der Waals surface area contributed by atoms with Crippen LogP contribution in [0, 0.1) is 0 Å². The first kappa shape index (κ1) is 34.7. The summed E-state index contributed by atoms with van der Waals surface area (Å²) in [5, 5.41) is 17.6. The zero-order valence-corrected chi connectivity index (χ0v) is 28.3. The van der Waals surface area contributed by atoms with Crippen molar-refractivity contribution >= 4 is 66.6 Å². The van der Waals surface area contributed by atoms with Crippen LogP contribution in [0.3, 0.4) is 0 Å². The Balaban J connectivity index is 0.00000484. The number of benzene rings is 3. The summed E-state index contributed by atoms with van der Waals surface area (Å²) in [6.07, 6.45) is 0.0630. The van der Waals surface area contributed by atoms with Gasteiger partial charge in [-0.1, -0.05) is 62.2 Å². The van der Waals surface area contributed by atoms with Crippen LogP contribution in [0.25, 0.3) is 0 Å². The van der Waals surface area contributed by atoms with Crippen LogP contribution in [0.2, 0.25) is 0 Å². The average Bonchev–Trinajstić information content (AvgIpc) is 3.26. The van der Waals surface area contributed by atoms with Crippen LogP contribution in [0.15, 0.2) is 75.7 Å². The molecular formula is C30H38Br2ClN3O5S. The van der Waals surface area contributed by atoms with E-state index in [2.05, 4.69) is 42.5 Å². The number of carbonyl (C=O) groups is 1. The van der Waals surface area contributed by atoms with Gasteiger partial charge < -0.3 is 20.5 Å². The largest absolute Gasteiger partial charge is 0.491 e. The fourth-order valence-electron chi connectivity index (χ4n) is 4.78. The molecule has 42 heavy (non-hydrogen) atoms. The Morgan fingerprint density at radius 1 is 1.02 bits per heavy atom. The van der Waals surface area contributed by atoms with Crippen molar-refractivity contribution in [3.05, 3.63) is 92.4 Å². The van der Waals surface area contributed by atoms with Crippen molar-refractivity contribution in [3.63, 3.8) is 0 Å². The van der Waals surface area contributed by atoms with Crippen LogP contribution < -0.4 is 19.7 Å². The standard InChI is InChI=1S/C30H37Br2N3O5S.ClH/c1-20(2)40-27-15-23(14-26(17-27)35-9-6-10-41(35,38)39)30(37)34-28(13-21-7-4-3-5-8-21)29(36)19-33-18-22-11-24(31)16-25(32)12-22;/h3-5,7-8,11-12,14-17,20,28-29,33,36,38-39H,6,9-10,13,18-19H2,1-2H3,(H,34,37);1H/t28-,29-;/m0./s1. The van der Waals surface area contributed by atoms with E-state index in [-0.39, 0.29) is 31.0 Å². The highest BCUT2D eigenvalue weighted by molar-refractivity contribution is 9.11. The number of amides is 1. The van der Waals surface area contributed by atoms with Crippen molar-refractivity contribution in [2.24, 2.45) is 0 Å². The highest BCUT2D eigenvalue weighted by atomic mass is 79.9. The molecule has 1 fully saturated rings. The van der Waals surface area contributed by atoms with Gasteiger partial charge in [0.2, 0.25) is 0 Å². The Labute approximate surface area is 272 Å². The summed E-state index contributed by atoms with van der Waals surface area (Å²) in [5.41, 5.74) is 2.87. The molecular weight excluding hydrogens is 710 g/mol. The van der Waals surface area contributed by atoms with Crippen molar-refractivity contribution in [2.75, 3.05) is 23.1 Å². The number of nitrogens with one attached hydrogen (secondary N) is 2. The summed E-state index contributed by atoms with van der Waals surface area (Å²) in [7, 11) is -2.95. The molecule has 8 nitrogen and oxygen atoms in total. The van der Waals surface area contributed by atoms with E-state index in [1.54, 1.807) is 22.5 Å². The number of aliphatic hydroxyl groups is 1. The Morgan fingerprint density at radius 3 is 2.33 bits per heavy atom. The fourth-order valence-corrected chi connectivity index (χ4v) is 7.77. The summed E-state index contributed by atoms with van der Waals surface area (Å²) < 4.78 is 30.5. The predicted molar refractivity (Wildman–Crippen MR) is 180 cm³/mol. The van der Waals surface area contributed by atoms with E-state index < -0.39 is 22.9 Å². The monoisotopic (exact) mass is 745 g/mol. The van der Waals surface area contributed by atoms with Gasteiger partial charge in [0.25, 0.3) is 5.91 Å². The molecule has 1 saturated heterocycles. The second-order valence-corrected chi connectivity index (χ2v) is 14.4. The third-order valence-corrected chi connectivity index (χ3v) is 9.48. The molecule has 3 aromatic rings. The molecule has 0 radical (unpaired) electrons. The molecule has 0 saturated carbocycles. The molecule has 230 valence electrons. The van der Waals surface area contributed by atoms with E-state index >= 15 is 0 Å². The van der Waals surface area contributed by atoms with Gasteiger partial charge in [-0.15, -0.1) is 23.2 Å². The summed E-state index contributed by atoms with van der Waals surface area (Å²) in [5.74, 6) is 0.373. The maximum atomic E-state index is 13.6. The molecule has 3 aromatic carbocycles. The van der Waals surface area contributed by atoms with Crippen LogP contribution in [-0.2, 0) is 13.0 Å². The van der Waals surface area contributed by atoms with Gasteiger partial charge in [-0.05, 0) is 68.1 Å². The van der Waals surface area contributed by atoms with Gasteiger partial charge in [0.15, 0.2) is 0 Å². The van der Waals surface area contributed by atoms with Crippen molar-refractivity contribution in [1.29, 1.82) is 0 Å². The number of halogens is 3. The second kappa shape index (κ2) is 15.8. The van der Waals surface area contributed by atoms with Crippen LogP contribution in [0.1, 0.15) is 41.8 Å². The third kappa shape index (κ3) is 9.85. The summed E-state index contributed by atoms with van der Waals surface area (Å²) in [6.45, 7) is 5.06. The second-order valence-electron chi connectivity index (χ2n) is 10.4. The first-order chi connectivity index (χ1) is 19.5. The lowest BCUT2D eigenvalue weighted by atomic mass is 10.00. The summed E-state index contributed by atoms with van der Waals surface area (Å²) in [4.78, 5) is 13.6. The number of anilines is 1. The molecule has 0 aromatic heterocycles. The van der Waals surface area contributed by atoms with Crippen molar-refractivity contribution in [3.8, 4) is 5.75 Å². The van der Waals surface area contributed by atoms with Gasteiger partial charge in [0.1, 0.15) is 5.75 Å². The Morgan fingerprint density at radius 2 is 1.71 bits per heavy atom. The molecule has 2 atom stereocenters. The van der Waals surface area contributed by atoms with Gasteiger partial charge in [-0.2, -0.15) is 0 Å². The smallest absolute Gasteiger partial charge is 0.251 e. The summed E-state index contributed by atoms with van der Waals surface area (Å²) in [6, 6.07) is 20.1. The maximum absolute atomic E-state index is 13.6. The quantitative estimate of drug-likeness (QED) is 0.139. The Hall–Kier alpha value is -1.83. The van der Waals surface area contributed by atoms with Gasteiger partial charge in [0.05, 0.1) is 29.7 Å². The zero-order chi connectivity index (χ0) is 29.6. The van der Waals surface area contributed by atoms with E-state index in [4.69, 9.17) is 4.74 Å². The highest BCUT2D eigenvalue weighted by Gasteiger charge is 2.30. The summed E-state index contributed by atoms with van der Waals surface area (Å²) >= 11 is 7.00. The fraction of sp³-hybridized carbons (Fsp3) is 0.367. The number of nitrogens with zero attached hydrogens (tertiary/aromatic N) is 1. The molecule has 1 aliphatic heterocycles. The van der Waals surface area contributed by atoms with Crippen LogP contribution >= 0.6 is 55.0 Å². The van der Waals surface area contributed by atoms with Gasteiger partial charge in [-0.25, -0.2) is 0 Å². The predicted octanol–water partition coefficient (Wildman–Crippen LogP) is 6.79. The van der Waals surface area contributed by atoms with Gasteiger partial charge in [0, 0.05) is 40.2 Å². The third-order valence-electron chi connectivity index (χ3n) is 6.63. The number of carbonyl (C=O) groups excluding carboxylic acids is 1. The molecule has 0 spiro atoms. The molecule has 5 N–H and O–H groups in total. The lowest BCUT2D eigenvalue weighted by Gasteiger charge is -2.38. The first-order valence-corrected chi connectivity index (χ1v) is 16.8. The number of hydrogen-bond donors (Lipinski definition) is 5. The van der Waals surface area contributed by atoms with E-state index in [9.17, 15) is 19.0 Å². The van der Waals surface area contributed by atoms with E-state index in [0.717, 1.165) is 20.1 Å². The molecule has 0 unspecified atom stereocenters. The number of rotatable bonds is 12. The zero-order valence-electron chi connectivity index (χ0n) is 23.5. The number of aliphatic hydroxyl groups excluding tert-OH is 1. The highest BCUT2D eigenvalue weighted by Crippen LogP contribution is 2.51. The lowest BCUT2D eigenvalue weighted by Crippen LogP contribution is -2.48. The molecule has 4 rings (SSSR count). The Bertz CT molecular complexity index is 1320. The number of ether oxygens (including phenoxy) is 1. The van der Waals surface area contributed by atoms with Gasteiger partial charge >= 0.3 is 0 Å². The Kier molecular flexibility index (Phi) is 13.0. The van der Waals surface area contributed by atoms with Crippen molar-refractivity contribution < 1.29 is 23.7 Å². The topological polar surface area (TPSA) is 114 Å². The number of hydrogen-bond acceptors (Lipinski definition) is 7. The normalized spacial score (nSPS) is 16.4. The minimum Gasteiger partial charge on any atom is -0.491 e. The molecule has 1 heterocycles. The molecule has 0 bridgehead atoms. The van der Waals surface area contributed by atoms with E-state index in [0.29, 0.717) is 48.7 Å². The first-order valence-electron chi connectivity index (χ1n) is 13.5. The van der Waals surface area contributed by atoms with E-state index in [1.165, 1.54) is 0 Å². The van der Waals surface area contributed by atoms with Gasteiger partial charge in [-0.3, -0.25) is 18.2 Å². The average molecular weight is 748 g/mol. The van der Waals surface area contributed by atoms with Crippen molar-refractivity contribution in [2.45, 2.75) is 51.5 Å². The molecule has 12 heteroatoms. The SMILES string of the molecule is CC(C)Oc1cc(C(=O)N[C@@H](Cc2ccccc2)[C@@H](O)CNCc2cc(Br)cc(Br)c2)cc(N2CCCS2(O)O)c1.Cl.